The maximum atomic E-state index is 13.0. The van der Waals surface area contributed by atoms with E-state index in [4.69, 9.17) is 4.74 Å². The average molecular weight is 408 g/mol. The number of fused-ring (bicyclic) bond motifs is 2. The second-order valence-electron chi connectivity index (χ2n) is 9.68. The van der Waals surface area contributed by atoms with Gasteiger partial charge in [-0.25, -0.2) is 4.79 Å². The fourth-order valence-electron chi connectivity index (χ4n) is 4.97. The van der Waals surface area contributed by atoms with Crippen molar-refractivity contribution in [1.29, 1.82) is 0 Å². The topological polar surface area (TPSA) is 45.7 Å². The van der Waals surface area contributed by atoms with E-state index >= 15 is 0 Å². The van der Waals surface area contributed by atoms with E-state index in [2.05, 4.69) is 40.2 Å². The fourth-order valence-corrected chi connectivity index (χ4v) is 4.97. The van der Waals surface area contributed by atoms with Gasteiger partial charge in [0, 0.05) is 37.6 Å². The van der Waals surface area contributed by atoms with E-state index in [1.54, 1.807) is 12.4 Å². The number of benzene rings is 1. The number of piperidine rings is 1. The SMILES string of the molecule is CC(C)(C)OC(=O)N(CC1C[C@H]2CC[C@@H](C1)N2Cc1ccccc1)c1ccncc1. The summed E-state index contributed by atoms with van der Waals surface area (Å²) >= 11 is 0. The van der Waals surface area contributed by atoms with Crippen LogP contribution in [0.4, 0.5) is 10.5 Å². The first-order chi connectivity index (χ1) is 14.4. The highest BCUT2D eigenvalue weighted by Gasteiger charge is 2.41. The van der Waals surface area contributed by atoms with Crippen LogP contribution in [0.1, 0.15) is 52.0 Å². The van der Waals surface area contributed by atoms with Gasteiger partial charge in [0.1, 0.15) is 5.60 Å². The molecule has 3 heterocycles. The normalized spacial score (nSPS) is 23.9. The van der Waals surface area contributed by atoms with Crippen molar-refractivity contribution in [3.05, 3.63) is 60.4 Å². The third kappa shape index (κ3) is 5.01. The molecule has 0 spiro atoms. The third-order valence-corrected chi connectivity index (χ3v) is 6.22. The highest BCUT2D eigenvalue weighted by atomic mass is 16.6. The van der Waals surface area contributed by atoms with Gasteiger partial charge in [0.2, 0.25) is 0 Å². The van der Waals surface area contributed by atoms with Crippen molar-refractivity contribution in [2.24, 2.45) is 5.92 Å². The maximum Gasteiger partial charge on any atom is 0.414 e. The number of nitrogens with zero attached hydrogens (tertiary/aromatic N) is 3. The number of pyridine rings is 1. The Bertz CT molecular complexity index is 820. The van der Waals surface area contributed by atoms with Crippen LogP contribution in [-0.2, 0) is 11.3 Å². The van der Waals surface area contributed by atoms with Crippen LogP contribution in [0, 0.1) is 5.92 Å². The lowest BCUT2D eigenvalue weighted by molar-refractivity contribution is 0.0550. The van der Waals surface area contributed by atoms with Crippen LogP contribution in [0.25, 0.3) is 0 Å². The molecule has 0 aliphatic carbocycles. The smallest absolute Gasteiger partial charge is 0.414 e. The van der Waals surface area contributed by atoms with Crippen molar-refractivity contribution >= 4 is 11.8 Å². The molecule has 0 N–H and O–H groups in total. The standard InChI is InChI=1S/C25H33N3O2/c1-25(2,3)30-24(29)28(21-11-13-26-14-12-21)18-20-15-22-9-10-23(16-20)27(22)17-19-7-5-4-6-8-19/h4-8,11-14,20,22-23H,9-10,15-18H2,1-3H3/t20?,22-,23+. The Kier molecular flexibility index (Phi) is 6.09. The molecule has 2 fully saturated rings. The number of carbonyl (C=O) groups is 1. The molecule has 5 heteroatoms. The van der Waals surface area contributed by atoms with Crippen molar-refractivity contribution < 1.29 is 9.53 Å². The molecule has 4 rings (SSSR count). The van der Waals surface area contributed by atoms with Crippen LogP contribution in [-0.4, -0.2) is 40.2 Å². The van der Waals surface area contributed by atoms with E-state index in [0.29, 0.717) is 24.5 Å². The molecule has 1 unspecified atom stereocenters. The molecule has 2 bridgehead atoms. The minimum Gasteiger partial charge on any atom is -0.443 e. The lowest BCUT2D eigenvalue weighted by Crippen LogP contribution is -2.47. The monoisotopic (exact) mass is 407 g/mol. The molecule has 2 aliphatic rings. The summed E-state index contributed by atoms with van der Waals surface area (Å²) in [5, 5.41) is 0. The van der Waals surface area contributed by atoms with E-state index in [-0.39, 0.29) is 6.09 Å². The number of hydrogen-bond donors (Lipinski definition) is 0. The molecule has 0 saturated carbocycles. The van der Waals surface area contributed by atoms with E-state index in [9.17, 15) is 4.79 Å². The van der Waals surface area contributed by atoms with E-state index in [1.807, 2.05) is 37.8 Å². The molecule has 0 radical (unpaired) electrons. The van der Waals surface area contributed by atoms with Gasteiger partial charge in [-0.3, -0.25) is 14.8 Å². The molecule has 2 saturated heterocycles. The zero-order valence-electron chi connectivity index (χ0n) is 18.3. The van der Waals surface area contributed by atoms with Gasteiger partial charge in [0.05, 0.1) is 5.69 Å². The summed E-state index contributed by atoms with van der Waals surface area (Å²) in [6.45, 7) is 7.47. The highest BCUT2D eigenvalue weighted by Crippen LogP contribution is 2.40. The van der Waals surface area contributed by atoms with E-state index in [1.165, 1.54) is 18.4 Å². The minimum atomic E-state index is -0.513. The predicted octanol–water partition coefficient (Wildman–Crippen LogP) is 5.27. The Morgan fingerprint density at radius 3 is 2.30 bits per heavy atom. The second-order valence-corrected chi connectivity index (χ2v) is 9.68. The molecule has 160 valence electrons. The third-order valence-electron chi connectivity index (χ3n) is 6.22. The van der Waals surface area contributed by atoms with Crippen molar-refractivity contribution in [2.75, 3.05) is 11.4 Å². The quantitative estimate of drug-likeness (QED) is 0.678. The summed E-state index contributed by atoms with van der Waals surface area (Å²) < 4.78 is 5.72. The van der Waals surface area contributed by atoms with Gasteiger partial charge >= 0.3 is 6.09 Å². The number of rotatable bonds is 5. The van der Waals surface area contributed by atoms with Gasteiger partial charge in [-0.15, -0.1) is 0 Å². The van der Waals surface area contributed by atoms with Crippen LogP contribution in [0.2, 0.25) is 0 Å². The largest absolute Gasteiger partial charge is 0.443 e. The lowest BCUT2D eigenvalue weighted by Gasteiger charge is -2.40. The summed E-state index contributed by atoms with van der Waals surface area (Å²) in [6.07, 6.45) is 7.98. The molecule has 5 nitrogen and oxygen atoms in total. The Morgan fingerprint density at radius 2 is 1.70 bits per heavy atom. The molecule has 1 aromatic carbocycles. The molecule has 1 amide bonds. The predicted molar refractivity (Wildman–Crippen MR) is 119 cm³/mol. The van der Waals surface area contributed by atoms with Crippen molar-refractivity contribution in [1.82, 2.24) is 9.88 Å². The first-order valence-electron chi connectivity index (χ1n) is 11.1. The molecule has 2 aliphatic heterocycles. The number of aromatic nitrogens is 1. The number of amides is 1. The van der Waals surface area contributed by atoms with Gasteiger partial charge in [-0.2, -0.15) is 0 Å². The Hall–Kier alpha value is -2.40. The van der Waals surface area contributed by atoms with Crippen molar-refractivity contribution in [2.45, 2.75) is 70.7 Å². The van der Waals surface area contributed by atoms with Crippen LogP contribution < -0.4 is 4.90 Å². The van der Waals surface area contributed by atoms with E-state index < -0.39 is 5.60 Å². The second kappa shape index (κ2) is 8.76. The van der Waals surface area contributed by atoms with Gasteiger partial charge in [-0.05, 0) is 70.1 Å². The summed E-state index contributed by atoms with van der Waals surface area (Å²) in [5.41, 5.74) is 1.73. The first kappa shape index (κ1) is 20.9. The number of carbonyl (C=O) groups excluding carboxylic acids is 1. The molecule has 30 heavy (non-hydrogen) atoms. The summed E-state index contributed by atoms with van der Waals surface area (Å²) in [4.78, 5) is 21.6. The average Bonchev–Trinajstić information content (AvgIpc) is 2.94. The van der Waals surface area contributed by atoms with Crippen LogP contribution in [0.3, 0.4) is 0 Å². The first-order valence-corrected chi connectivity index (χ1v) is 11.1. The van der Waals surface area contributed by atoms with Crippen LogP contribution in [0.5, 0.6) is 0 Å². The molecular formula is C25H33N3O2. The van der Waals surface area contributed by atoms with E-state index in [0.717, 1.165) is 25.1 Å². The van der Waals surface area contributed by atoms with Gasteiger partial charge in [0.15, 0.2) is 0 Å². The van der Waals surface area contributed by atoms with Crippen LogP contribution in [0.15, 0.2) is 54.9 Å². The van der Waals surface area contributed by atoms with Crippen LogP contribution >= 0.6 is 0 Å². The molecule has 3 atom stereocenters. The van der Waals surface area contributed by atoms with Crippen molar-refractivity contribution in [3.8, 4) is 0 Å². The lowest BCUT2D eigenvalue weighted by atomic mass is 9.89. The van der Waals surface area contributed by atoms with Gasteiger partial charge in [-0.1, -0.05) is 30.3 Å². The molecule has 2 aromatic rings. The summed E-state index contributed by atoms with van der Waals surface area (Å²) in [7, 11) is 0. The Balaban J connectivity index is 1.45. The Morgan fingerprint density at radius 1 is 1.07 bits per heavy atom. The van der Waals surface area contributed by atoms with Crippen molar-refractivity contribution in [3.63, 3.8) is 0 Å². The number of hydrogen-bond acceptors (Lipinski definition) is 4. The zero-order valence-corrected chi connectivity index (χ0v) is 18.3. The Labute approximate surface area is 180 Å². The summed E-state index contributed by atoms with van der Waals surface area (Å²) in [5.74, 6) is 0.482. The molecule has 1 aromatic heterocycles. The number of ether oxygens (including phenoxy) is 1. The van der Waals surface area contributed by atoms with Gasteiger partial charge in [0.25, 0.3) is 0 Å². The summed E-state index contributed by atoms with van der Waals surface area (Å²) in [6, 6.07) is 15.8. The molecular weight excluding hydrogens is 374 g/mol. The zero-order chi connectivity index (χ0) is 21.1. The minimum absolute atomic E-state index is 0.271. The number of anilines is 1. The highest BCUT2D eigenvalue weighted by molar-refractivity contribution is 5.87. The maximum absolute atomic E-state index is 13.0. The fraction of sp³-hybridized carbons (Fsp3) is 0.520. The van der Waals surface area contributed by atoms with Gasteiger partial charge < -0.3 is 4.74 Å².